The first-order valence-corrected chi connectivity index (χ1v) is 10.4. The van der Waals surface area contributed by atoms with Crippen molar-refractivity contribution >= 4 is 5.91 Å². The van der Waals surface area contributed by atoms with Gasteiger partial charge in [-0.25, -0.2) is 0 Å². The summed E-state index contributed by atoms with van der Waals surface area (Å²) in [4.78, 5) is 21.4. The summed E-state index contributed by atoms with van der Waals surface area (Å²) < 4.78 is 16.1. The van der Waals surface area contributed by atoms with Crippen molar-refractivity contribution in [2.75, 3.05) is 39.9 Å². The van der Waals surface area contributed by atoms with Gasteiger partial charge < -0.3 is 18.9 Å². The number of amides is 1. The predicted octanol–water partition coefficient (Wildman–Crippen LogP) is 3.10. The van der Waals surface area contributed by atoms with Crippen LogP contribution in [0.25, 0.3) is 11.4 Å². The average Bonchev–Trinajstić information content (AvgIpc) is 3.28. The lowest BCUT2D eigenvalue weighted by Crippen LogP contribution is -2.48. The molecule has 1 aliphatic heterocycles. The normalized spacial score (nSPS) is 14.5. The lowest BCUT2D eigenvalue weighted by atomic mass is 10.1. The number of nitrogens with zero attached hydrogens (tertiary/aromatic N) is 4. The van der Waals surface area contributed by atoms with E-state index in [0.29, 0.717) is 43.5 Å². The summed E-state index contributed by atoms with van der Waals surface area (Å²) in [5.74, 6) is 2.65. The molecule has 1 saturated heterocycles. The Morgan fingerprint density at radius 2 is 1.84 bits per heavy atom. The largest absolute Gasteiger partial charge is 0.497 e. The molecule has 1 aromatic heterocycles. The highest BCUT2D eigenvalue weighted by atomic mass is 16.5. The Labute approximate surface area is 181 Å². The zero-order valence-corrected chi connectivity index (χ0v) is 17.8. The minimum atomic E-state index is 0.0285. The van der Waals surface area contributed by atoms with Crippen LogP contribution in [0.2, 0.25) is 0 Å². The van der Waals surface area contributed by atoms with Crippen molar-refractivity contribution < 1.29 is 18.8 Å². The summed E-state index contributed by atoms with van der Waals surface area (Å²) >= 11 is 0. The van der Waals surface area contributed by atoms with Crippen molar-refractivity contribution in [2.24, 2.45) is 0 Å². The molecule has 8 heteroatoms. The van der Waals surface area contributed by atoms with Crippen LogP contribution in [-0.2, 0) is 6.54 Å². The van der Waals surface area contributed by atoms with Crippen LogP contribution in [0.15, 0.2) is 53.1 Å². The van der Waals surface area contributed by atoms with Crippen molar-refractivity contribution in [3.8, 4) is 22.9 Å². The lowest BCUT2D eigenvalue weighted by molar-refractivity contribution is 0.0614. The fourth-order valence-corrected chi connectivity index (χ4v) is 3.54. The van der Waals surface area contributed by atoms with Gasteiger partial charge in [-0.2, -0.15) is 4.98 Å². The third-order valence-electron chi connectivity index (χ3n) is 5.23. The Balaban J connectivity index is 1.31. The number of aromatic nitrogens is 2. The van der Waals surface area contributed by atoms with Crippen LogP contribution in [0, 0.1) is 0 Å². The summed E-state index contributed by atoms with van der Waals surface area (Å²) in [5.41, 5.74) is 1.53. The molecule has 0 atom stereocenters. The molecule has 1 fully saturated rings. The van der Waals surface area contributed by atoms with Gasteiger partial charge in [0.05, 0.1) is 20.3 Å². The number of rotatable bonds is 7. The van der Waals surface area contributed by atoms with Gasteiger partial charge in [0.15, 0.2) is 0 Å². The maximum absolute atomic E-state index is 12.8. The highest BCUT2D eigenvalue weighted by Gasteiger charge is 2.23. The third-order valence-corrected chi connectivity index (χ3v) is 5.23. The van der Waals surface area contributed by atoms with E-state index < -0.39 is 0 Å². The molecule has 0 aliphatic carbocycles. The second-order valence-corrected chi connectivity index (χ2v) is 7.27. The molecule has 0 unspecified atom stereocenters. The van der Waals surface area contributed by atoms with Gasteiger partial charge in [0.1, 0.15) is 11.5 Å². The highest BCUT2D eigenvalue weighted by molar-refractivity contribution is 5.94. The van der Waals surface area contributed by atoms with Crippen LogP contribution in [-0.4, -0.2) is 65.7 Å². The SMILES string of the molecule is CCOc1cccc(C(=O)N2CCN(Cc3nc(-c4ccc(OC)cc4)no3)CC2)c1. The summed E-state index contributed by atoms with van der Waals surface area (Å²) in [7, 11) is 1.63. The molecule has 2 heterocycles. The Morgan fingerprint density at radius 3 is 2.55 bits per heavy atom. The van der Waals surface area contributed by atoms with Gasteiger partial charge in [0, 0.05) is 37.3 Å². The number of carbonyl (C=O) groups is 1. The Kier molecular flexibility index (Phi) is 6.47. The molecule has 31 heavy (non-hydrogen) atoms. The van der Waals surface area contributed by atoms with Gasteiger partial charge in [0.25, 0.3) is 5.91 Å². The van der Waals surface area contributed by atoms with Gasteiger partial charge in [0.2, 0.25) is 11.7 Å². The van der Waals surface area contributed by atoms with E-state index in [-0.39, 0.29) is 5.91 Å². The summed E-state index contributed by atoms with van der Waals surface area (Å²) in [6.45, 7) is 5.86. The molecule has 3 aromatic rings. The molecule has 8 nitrogen and oxygen atoms in total. The lowest BCUT2D eigenvalue weighted by Gasteiger charge is -2.34. The zero-order chi connectivity index (χ0) is 21.6. The number of benzene rings is 2. The van der Waals surface area contributed by atoms with Crippen molar-refractivity contribution in [3.63, 3.8) is 0 Å². The fourth-order valence-electron chi connectivity index (χ4n) is 3.54. The molecular weight excluding hydrogens is 396 g/mol. The van der Waals surface area contributed by atoms with E-state index in [4.69, 9.17) is 14.0 Å². The van der Waals surface area contributed by atoms with E-state index in [1.165, 1.54) is 0 Å². The Bertz CT molecular complexity index is 1010. The van der Waals surface area contributed by atoms with E-state index in [2.05, 4.69) is 15.0 Å². The zero-order valence-electron chi connectivity index (χ0n) is 17.8. The van der Waals surface area contributed by atoms with Gasteiger partial charge in [-0.1, -0.05) is 11.2 Å². The van der Waals surface area contributed by atoms with Gasteiger partial charge in [-0.05, 0) is 49.4 Å². The fraction of sp³-hybridized carbons (Fsp3) is 0.348. The molecule has 0 radical (unpaired) electrons. The molecule has 0 spiro atoms. The first kappa shape index (κ1) is 20.9. The van der Waals surface area contributed by atoms with E-state index in [0.717, 1.165) is 30.2 Å². The quantitative estimate of drug-likeness (QED) is 0.579. The second-order valence-electron chi connectivity index (χ2n) is 7.27. The molecule has 1 aliphatic rings. The van der Waals surface area contributed by atoms with Gasteiger partial charge in [-0.15, -0.1) is 0 Å². The molecule has 0 N–H and O–H groups in total. The predicted molar refractivity (Wildman–Crippen MR) is 115 cm³/mol. The minimum absolute atomic E-state index is 0.0285. The van der Waals surface area contributed by atoms with E-state index >= 15 is 0 Å². The average molecular weight is 422 g/mol. The Morgan fingerprint density at radius 1 is 1.06 bits per heavy atom. The van der Waals surface area contributed by atoms with Crippen molar-refractivity contribution in [1.82, 2.24) is 19.9 Å². The summed E-state index contributed by atoms with van der Waals surface area (Å²) in [5, 5.41) is 4.08. The molecule has 1 amide bonds. The first-order valence-electron chi connectivity index (χ1n) is 10.4. The van der Waals surface area contributed by atoms with Crippen LogP contribution in [0.1, 0.15) is 23.2 Å². The van der Waals surface area contributed by atoms with Crippen LogP contribution >= 0.6 is 0 Å². The summed E-state index contributed by atoms with van der Waals surface area (Å²) in [6, 6.07) is 14.9. The van der Waals surface area contributed by atoms with Crippen LogP contribution < -0.4 is 9.47 Å². The monoisotopic (exact) mass is 422 g/mol. The molecule has 4 rings (SSSR count). The maximum atomic E-state index is 12.8. The maximum Gasteiger partial charge on any atom is 0.254 e. The number of piperazine rings is 1. The number of hydrogen-bond acceptors (Lipinski definition) is 7. The topological polar surface area (TPSA) is 80.9 Å². The third kappa shape index (κ3) is 5.03. The van der Waals surface area contributed by atoms with Crippen LogP contribution in [0.5, 0.6) is 11.5 Å². The summed E-state index contributed by atoms with van der Waals surface area (Å²) in [6.07, 6.45) is 0. The van der Waals surface area contributed by atoms with Crippen LogP contribution in [0.3, 0.4) is 0 Å². The van der Waals surface area contributed by atoms with Crippen molar-refractivity contribution in [3.05, 3.63) is 60.0 Å². The number of methoxy groups -OCH3 is 1. The van der Waals surface area contributed by atoms with Crippen molar-refractivity contribution in [2.45, 2.75) is 13.5 Å². The van der Waals surface area contributed by atoms with Crippen LogP contribution in [0.4, 0.5) is 0 Å². The first-order chi connectivity index (χ1) is 15.2. The molecule has 0 saturated carbocycles. The van der Waals surface area contributed by atoms with Gasteiger partial charge in [-0.3, -0.25) is 9.69 Å². The molecule has 2 aromatic carbocycles. The molecular formula is C23H26N4O4. The van der Waals surface area contributed by atoms with E-state index in [1.807, 2.05) is 54.3 Å². The van der Waals surface area contributed by atoms with Gasteiger partial charge >= 0.3 is 0 Å². The second kappa shape index (κ2) is 9.61. The standard InChI is InChI=1S/C23H26N4O4/c1-3-30-20-6-4-5-18(15-20)23(28)27-13-11-26(12-14-27)16-21-24-22(25-31-21)17-7-9-19(29-2)10-8-17/h4-10,15H,3,11-14,16H2,1-2H3. The number of ether oxygens (including phenoxy) is 2. The number of carbonyl (C=O) groups excluding carboxylic acids is 1. The molecule has 162 valence electrons. The smallest absolute Gasteiger partial charge is 0.254 e. The molecule has 0 bridgehead atoms. The number of hydrogen-bond donors (Lipinski definition) is 0. The minimum Gasteiger partial charge on any atom is -0.497 e. The van der Waals surface area contributed by atoms with Crippen molar-refractivity contribution in [1.29, 1.82) is 0 Å². The van der Waals surface area contributed by atoms with E-state index in [9.17, 15) is 4.79 Å². The Hall–Kier alpha value is -3.39. The highest BCUT2D eigenvalue weighted by Crippen LogP contribution is 2.21. The van der Waals surface area contributed by atoms with E-state index in [1.54, 1.807) is 13.2 Å².